The summed E-state index contributed by atoms with van der Waals surface area (Å²) >= 11 is 0. The van der Waals surface area contributed by atoms with Crippen LogP contribution in [0.4, 0.5) is 14.5 Å². The number of anilines is 1. The van der Waals surface area contributed by atoms with Gasteiger partial charge in [-0.15, -0.1) is 0 Å². The van der Waals surface area contributed by atoms with Crippen LogP contribution in [0.2, 0.25) is 0 Å². The predicted molar refractivity (Wildman–Crippen MR) is 85.1 cm³/mol. The Kier molecular flexibility index (Phi) is 4.47. The van der Waals surface area contributed by atoms with Crippen LogP contribution in [0, 0.1) is 11.6 Å². The zero-order valence-electron chi connectivity index (χ0n) is 12.4. The largest absolute Gasteiger partial charge is 0.437 e. The molecule has 0 radical (unpaired) electrons. The highest BCUT2D eigenvalue weighted by molar-refractivity contribution is 6.04. The zero-order valence-corrected chi connectivity index (χ0v) is 12.4. The Labute approximate surface area is 136 Å². The van der Waals surface area contributed by atoms with E-state index < -0.39 is 17.5 Å². The Balaban J connectivity index is 1.83. The Morgan fingerprint density at radius 3 is 2.38 bits per heavy atom. The summed E-state index contributed by atoms with van der Waals surface area (Å²) in [6.07, 6.45) is 1.51. The molecule has 0 spiro atoms. The number of nitrogens with one attached hydrogen (secondary N) is 1. The van der Waals surface area contributed by atoms with Gasteiger partial charge in [-0.25, -0.2) is 13.8 Å². The van der Waals surface area contributed by atoms with Crippen molar-refractivity contribution in [1.29, 1.82) is 0 Å². The van der Waals surface area contributed by atoms with Gasteiger partial charge in [-0.2, -0.15) is 0 Å². The lowest BCUT2D eigenvalue weighted by atomic mass is 10.2. The Morgan fingerprint density at radius 2 is 1.67 bits per heavy atom. The number of pyridine rings is 1. The molecule has 2 aromatic carbocycles. The summed E-state index contributed by atoms with van der Waals surface area (Å²) < 4.78 is 32.1. The Morgan fingerprint density at radius 1 is 0.958 bits per heavy atom. The molecule has 1 N–H and O–H groups in total. The molecule has 120 valence electrons. The minimum Gasteiger partial charge on any atom is -0.437 e. The number of benzene rings is 2. The second kappa shape index (κ2) is 6.87. The third kappa shape index (κ3) is 3.73. The van der Waals surface area contributed by atoms with Gasteiger partial charge in [-0.1, -0.05) is 18.2 Å². The van der Waals surface area contributed by atoms with Crippen molar-refractivity contribution in [3.63, 3.8) is 0 Å². The van der Waals surface area contributed by atoms with E-state index in [2.05, 4.69) is 10.3 Å². The highest BCUT2D eigenvalue weighted by atomic mass is 19.1. The number of rotatable bonds is 4. The number of amides is 1. The minimum absolute atomic E-state index is 0.137. The smallest absolute Gasteiger partial charge is 0.256 e. The van der Waals surface area contributed by atoms with Gasteiger partial charge in [0.25, 0.3) is 5.91 Å². The van der Waals surface area contributed by atoms with Gasteiger partial charge in [0.05, 0.1) is 0 Å². The van der Waals surface area contributed by atoms with Gasteiger partial charge >= 0.3 is 0 Å². The fraction of sp³-hybridized carbons (Fsp3) is 0. The van der Waals surface area contributed by atoms with Crippen molar-refractivity contribution < 1.29 is 18.3 Å². The SMILES string of the molecule is O=C(Nc1cccnc1Oc1ccccc1)c1cc(F)cc(F)c1. The number of halogens is 2. The van der Waals surface area contributed by atoms with Crippen LogP contribution in [0.3, 0.4) is 0 Å². The van der Waals surface area contributed by atoms with Crippen LogP contribution >= 0.6 is 0 Å². The zero-order chi connectivity index (χ0) is 16.9. The van der Waals surface area contributed by atoms with E-state index in [1.165, 1.54) is 6.20 Å². The van der Waals surface area contributed by atoms with Crippen molar-refractivity contribution in [2.45, 2.75) is 0 Å². The van der Waals surface area contributed by atoms with Crippen molar-refractivity contribution in [2.24, 2.45) is 0 Å². The summed E-state index contributed by atoms with van der Waals surface area (Å²) in [5, 5.41) is 2.54. The number of hydrogen-bond acceptors (Lipinski definition) is 3. The number of nitrogens with zero attached hydrogens (tertiary/aromatic N) is 1. The first-order valence-corrected chi connectivity index (χ1v) is 7.07. The second-order valence-electron chi connectivity index (χ2n) is 4.88. The van der Waals surface area contributed by atoms with Crippen LogP contribution < -0.4 is 10.1 Å². The molecule has 0 unspecified atom stereocenters. The molecule has 0 aliphatic heterocycles. The Bertz CT molecular complexity index is 850. The fourth-order valence-electron chi connectivity index (χ4n) is 2.05. The van der Waals surface area contributed by atoms with Gasteiger partial charge in [-0.3, -0.25) is 4.79 Å². The summed E-state index contributed by atoms with van der Waals surface area (Å²) in [6, 6.07) is 14.7. The lowest BCUT2D eigenvalue weighted by Gasteiger charge is -2.11. The highest BCUT2D eigenvalue weighted by Gasteiger charge is 2.13. The van der Waals surface area contributed by atoms with Crippen LogP contribution in [-0.2, 0) is 0 Å². The molecule has 6 heteroatoms. The van der Waals surface area contributed by atoms with Crippen molar-refractivity contribution >= 4 is 11.6 Å². The van der Waals surface area contributed by atoms with E-state index >= 15 is 0 Å². The molecule has 1 heterocycles. The summed E-state index contributed by atoms with van der Waals surface area (Å²) in [5.41, 5.74) is 0.151. The Hall–Kier alpha value is -3.28. The van der Waals surface area contributed by atoms with Crippen LogP contribution in [0.5, 0.6) is 11.6 Å². The van der Waals surface area contributed by atoms with Crippen molar-refractivity contribution in [2.75, 3.05) is 5.32 Å². The highest BCUT2D eigenvalue weighted by Crippen LogP contribution is 2.27. The van der Waals surface area contributed by atoms with Crippen molar-refractivity contribution in [3.05, 3.63) is 84.1 Å². The normalized spacial score (nSPS) is 10.2. The molecule has 0 bridgehead atoms. The molecule has 0 atom stereocenters. The van der Waals surface area contributed by atoms with E-state index in [1.807, 2.05) is 6.07 Å². The van der Waals surface area contributed by atoms with Gasteiger partial charge in [0, 0.05) is 17.8 Å². The maximum Gasteiger partial charge on any atom is 0.256 e. The molecule has 0 saturated carbocycles. The lowest BCUT2D eigenvalue weighted by Crippen LogP contribution is -2.13. The predicted octanol–water partition coefficient (Wildman–Crippen LogP) is 4.40. The van der Waals surface area contributed by atoms with E-state index in [0.717, 1.165) is 12.1 Å². The van der Waals surface area contributed by atoms with Gasteiger partial charge in [0.1, 0.15) is 23.1 Å². The lowest BCUT2D eigenvalue weighted by molar-refractivity contribution is 0.102. The molecule has 0 aliphatic rings. The number of carbonyl (C=O) groups excluding carboxylic acids is 1. The number of ether oxygens (including phenoxy) is 1. The van der Waals surface area contributed by atoms with Gasteiger partial charge in [-0.05, 0) is 36.4 Å². The second-order valence-corrected chi connectivity index (χ2v) is 4.88. The van der Waals surface area contributed by atoms with Crippen LogP contribution in [0.15, 0.2) is 66.9 Å². The third-order valence-corrected chi connectivity index (χ3v) is 3.10. The number of para-hydroxylation sites is 1. The van der Waals surface area contributed by atoms with Crippen molar-refractivity contribution in [3.8, 4) is 11.6 Å². The number of hydrogen-bond donors (Lipinski definition) is 1. The average Bonchev–Trinajstić information content (AvgIpc) is 2.56. The molecule has 4 nitrogen and oxygen atoms in total. The maximum atomic E-state index is 13.2. The molecule has 0 fully saturated rings. The minimum atomic E-state index is -0.827. The molecule has 3 rings (SSSR count). The number of carbonyl (C=O) groups is 1. The van der Waals surface area contributed by atoms with E-state index in [1.54, 1.807) is 36.4 Å². The van der Waals surface area contributed by atoms with Gasteiger partial charge < -0.3 is 10.1 Å². The molecule has 1 amide bonds. The third-order valence-electron chi connectivity index (χ3n) is 3.10. The molecule has 3 aromatic rings. The van der Waals surface area contributed by atoms with Gasteiger partial charge in [0.15, 0.2) is 0 Å². The van der Waals surface area contributed by atoms with Gasteiger partial charge in [0.2, 0.25) is 5.88 Å². The van der Waals surface area contributed by atoms with E-state index in [9.17, 15) is 13.6 Å². The maximum absolute atomic E-state index is 13.2. The molecule has 0 aliphatic carbocycles. The first-order valence-electron chi connectivity index (χ1n) is 7.07. The molecular weight excluding hydrogens is 314 g/mol. The fourth-order valence-corrected chi connectivity index (χ4v) is 2.05. The monoisotopic (exact) mass is 326 g/mol. The van der Waals surface area contributed by atoms with Crippen LogP contribution in [-0.4, -0.2) is 10.9 Å². The molecule has 24 heavy (non-hydrogen) atoms. The average molecular weight is 326 g/mol. The van der Waals surface area contributed by atoms with Crippen LogP contribution in [0.1, 0.15) is 10.4 Å². The molecule has 1 aromatic heterocycles. The summed E-state index contributed by atoms with van der Waals surface area (Å²) in [5.74, 6) is -1.60. The standard InChI is InChI=1S/C18H12F2N2O2/c19-13-9-12(10-14(20)11-13)17(23)22-16-7-4-8-21-18(16)24-15-5-2-1-3-6-15/h1-11H,(H,22,23). The van der Waals surface area contributed by atoms with E-state index in [-0.39, 0.29) is 17.1 Å². The molecular formula is C18H12F2N2O2. The first kappa shape index (κ1) is 15.6. The van der Waals surface area contributed by atoms with E-state index in [0.29, 0.717) is 11.8 Å². The summed E-state index contributed by atoms with van der Waals surface area (Å²) in [4.78, 5) is 16.3. The number of aromatic nitrogens is 1. The first-order chi connectivity index (χ1) is 11.6. The quantitative estimate of drug-likeness (QED) is 0.773. The van der Waals surface area contributed by atoms with Crippen molar-refractivity contribution in [1.82, 2.24) is 4.98 Å². The van der Waals surface area contributed by atoms with E-state index in [4.69, 9.17) is 4.74 Å². The summed E-state index contributed by atoms with van der Waals surface area (Å²) in [7, 11) is 0. The summed E-state index contributed by atoms with van der Waals surface area (Å²) in [6.45, 7) is 0. The topological polar surface area (TPSA) is 51.2 Å². The molecule has 0 saturated heterocycles. The van der Waals surface area contributed by atoms with Crippen LogP contribution in [0.25, 0.3) is 0 Å².